The lowest BCUT2D eigenvalue weighted by molar-refractivity contribution is 0.0231. The summed E-state index contributed by atoms with van der Waals surface area (Å²) in [4.78, 5) is 0.142. The number of hydrogen-bond donors (Lipinski definition) is 1. The maximum Gasteiger partial charge on any atom is 0.286 e. The number of aryl methyl sites for hydroxylation is 1. The van der Waals surface area contributed by atoms with Crippen molar-refractivity contribution >= 4 is 15.8 Å². The Balaban J connectivity index is 1.93. The molecule has 1 aromatic carbocycles. The van der Waals surface area contributed by atoms with E-state index in [9.17, 15) is 8.42 Å². The predicted molar refractivity (Wildman–Crippen MR) is 84.9 cm³/mol. The van der Waals surface area contributed by atoms with Crippen LogP contribution in [0.5, 0.6) is 5.88 Å². The lowest BCUT2D eigenvalue weighted by Gasteiger charge is -2.23. The van der Waals surface area contributed by atoms with Gasteiger partial charge in [0, 0.05) is 18.9 Å². The molecule has 0 amide bonds. The molecule has 0 saturated carbocycles. The first-order valence-electron chi connectivity index (χ1n) is 7.39. The monoisotopic (exact) mass is 337 g/mol. The molecule has 124 valence electrons. The first-order valence-corrected chi connectivity index (χ1v) is 8.83. The third kappa shape index (κ3) is 3.32. The van der Waals surface area contributed by atoms with Crippen LogP contribution in [0.4, 0.5) is 5.82 Å². The van der Waals surface area contributed by atoms with Crippen molar-refractivity contribution in [2.45, 2.75) is 30.8 Å². The number of hydrogen-bond acceptors (Lipinski definition) is 6. The number of rotatable bonds is 4. The SMILES string of the molecule is Cc1ccc(S(=O)(=O)n2nc(N)cc2OC2CCOCC2)cc1. The average Bonchev–Trinajstić information content (AvgIpc) is 2.90. The zero-order valence-corrected chi connectivity index (χ0v) is 13.6. The third-order valence-corrected chi connectivity index (χ3v) is 5.25. The second-order valence-corrected chi connectivity index (χ2v) is 7.27. The molecule has 1 saturated heterocycles. The molecule has 0 radical (unpaired) electrons. The number of benzene rings is 1. The second-order valence-electron chi connectivity index (χ2n) is 5.50. The molecule has 2 N–H and O–H groups in total. The van der Waals surface area contributed by atoms with Gasteiger partial charge in [-0.15, -0.1) is 9.19 Å². The summed E-state index contributed by atoms with van der Waals surface area (Å²) < 4.78 is 37.5. The van der Waals surface area contributed by atoms with Crippen LogP contribution >= 0.6 is 0 Å². The van der Waals surface area contributed by atoms with Gasteiger partial charge in [0.1, 0.15) is 6.10 Å². The number of nitrogens with zero attached hydrogens (tertiary/aromatic N) is 2. The quantitative estimate of drug-likeness (QED) is 0.909. The lowest BCUT2D eigenvalue weighted by Crippen LogP contribution is -2.27. The number of nitrogen functional groups attached to an aromatic ring is 1. The van der Waals surface area contributed by atoms with Gasteiger partial charge in [0.25, 0.3) is 10.0 Å². The van der Waals surface area contributed by atoms with Gasteiger partial charge < -0.3 is 15.2 Å². The maximum absolute atomic E-state index is 12.8. The summed E-state index contributed by atoms with van der Waals surface area (Å²) in [6, 6.07) is 7.99. The molecule has 2 heterocycles. The van der Waals surface area contributed by atoms with Gasteiger partial charge in [-0.25, -0.2) is 0 Å². The van der Waals surface area contributed by atoms with E-state index >= 15 is 0 Å². The summed E-state index contributed by atoms with van der Waals surface area (Å²) in [5, 5.41) is 3.90. The topological polar surface area (TPSA) is 96.4 Å². The van der Waals surface area contributed by atoms with Crippen molar-refractivity contribution in [1.82, 2.24) is 9.19 Å². The summed E-state index contributed by atoms with van der Waals surface area (Å²) in [5.74, 6) is 0.234. The molecule has 3 rings (SSSR count). The van der Waals surface area contributed by atoms with E-state index in [0.717, 1.165) is 9.65 Å². The molecule has 0 bridgehead atoms. The van der Waals surface area contributed by atoms with E-state index in [4.69, 9.17) is 15.2 Å². The molecule has 1 fully saturated rings. The van der Waals surface area contributed by atoms with Gasteiger partial charge in [-0.05, 0) is 19.1 Å². The Morgan fingerprint density at radius 1 is 1.26 bits per heavy atom. The molecule has 2 aromatic rings. The van der Waals surface area contributed by atoms with Crippen molar-refractivity contribution < 1.29 is 17.9 Å². The van der Waals surface area contributed by atoms with Gasteiger partial charge in [0.2, 0.25) is 5.88 Å². The Morgan fingerprint density at radius 2 is 1.91 bits per heavy atom. The van der Waals surface area contributed by atoms with Crippen molar-refractivity contribution in [1.29, 1.82) is 0 Å². The van der Waals surface area contributed by atoms with E-state index < -0.39 is 10.0 Å². The number of ether oxygens (including phenoxy) is 2. The molecule has 1 aliphatic rings. The van der Waals surface area contributed by atoms with Crippen LogP contribution in [0.25, 0.3) is 0 Å². The molecule has 0 spiro atoms. The highest BCUT2D eigenvalue weighted by Gasteiger charge is 2.25. The molecule has 8 heteroatoms. The standard InChI is InChI=1S/C15H19N3O4S/c1-11-2-4-13(5-3-11)23(19,20)18-15(10-14(16)17-18)22-12-6-8-21-9-7-12/h2-5,10,12H,6-9H2,1H3,(H2,16,17). The number of nitrogens with two attached hydrogens (primary N) is 1. The maximum atomic E-state index is 12.8. The molecule has 0 atom stereocenters. The van der Waals surface area contributed by atoms with Crippen molar-refractivity contribution in [2.75, 3.05) is 18.9 Å². The van der Waals surface area contributed by atoms with Crippen LogP contribution in [0.2, 0.25) is 0 Å². The van der Waals surface area contributed by atoms with Crippen molar-refractivity contribution in [3.05, 3.63) is 35.9 Å². The van der Waals surface area contributed by atoms with Gasteiger partial charge >= 0.3 is 0 Å². The summed E-state index contributed by atoms with van der Waals surface area (Å²) in [5.41, 5.74) is 6.66. The molecule has 1 aromatic heterocycles. The van der Waals surface area contributed by atoms with Gasteiger partial charge in [0.05, 0.1) is 18.1 Å². The van der Waals surface area contributed by atoms with E-state index in [2.05, 4.69) is 5.10 Å². The van der Waals surface area contributed by atoms with Gasteiger partial charge in [0.15, 0.2) is 5.82 Å². The summed E-state index contributed by atoms with van der Waals surface area (Å²) >= 11 is 0. The van der Waals surface area contributed by atoms with Crippen LogP contribution in [-0.4, -0.2) is 36.9 Å². The number of aromatic nitrogens is 2. The third-order valence-electron chi connectivity index (χ3n) is 3.67. The van der Waals surface area contributed by atoms with Crippen LogP contribution < -0.4 is 10.5 Å². The van der Waals surface area contributed by atoms with Crippen LogP contribution in [-0.2, 0) is 14.8 Å². The Bertz CT molecular complexity index is 778. The second kappa shape index (κ2) is 6.21. The Kier molecular flexibility index (Phi) is 4.27. The molecule has 0 unspecified atom stereocenters. The van der Waals surface area contributed by atoms with E-state index in [1.54, 1.807) is 24.3 Å². The Labute approximate surface area is 135 Å². The fourth-order valence-electron chi connectivity index (χ4n) is 2.39. The van der Waals surface area contributed by atoms with Crippen molar-refractivity contribution in [2.24, 2.45) is 0 Å². The minimum atomic E-state index is -3.85. The van der Waals surface area contributed by atoms with Gasteiger partial charge in [-0.3, -0.25) is 0 Å². The van der Waals surface area contributed by atoms with Gasteiger partial charge in [-0.2, -0.15) is 8.42 Å². The van der Waals surface area contributed by atoms with Crippen LogP contribution in [0.15, 0.2) is 35.2 Å². The normalized spacial score (nSPS) is 16.4. The largest absolute Gasteiger partial charge is 0.474 e. The summed E-state index contributed by atoms with van der Waals surface area (Å²) in [6.45, 7) is 3.08. The minimum Gasteiger partial charge on any atom is -0.474 e. The zero-order chi connectivity index (χ0) is 16.4. The Morgan fingerprint density at radius 3 is 2.57 bits per heavy atom. The zero-order valence-electron chi connectivity index (χ0n) is 12.8. The van der Waals surface area contributed by atoms with Crippen molar-refractivity contribution in [3.63, 3.8) is 0 Å². The lowest BCUT2D eigenvalue weighted by atomic mass is 10.2. The first kappa shape index (κ1) is 15.8. The molecular formula is C15H19N3O4S. The van der Waals surface area contributed by atoms with Gasteiger partial charge in [-0.1, -0.05) is 17.7 Å². The van der Waals surface area contributed by atoms with Crippen molar-refractivity contribution in [3.8, 4) is 5.88 Å². The number of anilines is 1. The fraction of sp³-hybridized carbons (Fsp3) is 0.400. The molecule has 0 aliphatic carbocycles. The summed E-state index contributed by atoms with van der Waals surface area (Å²) in [6.07, 6.45) is 1.30. The molecule has 1 aliphatic heterocycles. The summed E-state index contributed by atoms with van der Waals surface area (Å²) in [7, 11) is -3.85. The fourth-order valence-corrected chi connectivity index (χ4v) is 3.60. The van der Waals surface area contributed by atoms with Crippen LogP contribution in [0.1, 0.15) is 18.4 Å². The smallest absolute Gasteiger partial charge is 0.286 e. The molecular weight excluding hydrogens is 318 g/mol. The van der Waals surface area contributed by atoms with E-state index in [1.165, 1.54) is 6.07 Å². The average molecular weight is 337 g/mol. The first-order chi connectivity index (χ1) is 11.0. The Hall–Kier alpha value is -2.06. The van der Waals surface area contributed by atoms with Crippen LogP contribution in [0, 0.1) is 6.92 Å². The van der Waals surface area contributed by atoms with Crippen LogP contribution in [0.3, 0.4) is 0 Å². The van der Waals surface area contributed by atoms with E-state index in [1.807, 2.05) is 6.92 Å². The van der Waals surface area contributed by atoms with E-state index in [0.29, 0.717) is 26.1 Å². The molecule has 7 nitrogen and oxygen atoms in total. The minimum absolute atomic E-state index is 0.0998. The predicted octanol–water partition coefficient (Wildman–Crippen LogP) is 1.57. The van der Waals surface area contributed by atoms with E-state index in [-0.39, 0.29) is 22.7 Å². The highest BCUT2D eigenvalue weighted by molar-refractivity contribution is 7.90. The highest BCUT2D eigenvalue weighted by Crippen LogP contribution is 2.25. The highest BCUT2D eigenvalue weighted by atomic mass is 32.2. The molecule has 23 heavy (non-hydrogen) atoms.